The lowest BCUT2D eigenvalue weighted by Crippen LogP contribution is -1.75. The van der Waals surface area contributed by atoms with E-state index in [1.807, 2.05) is 6.07 Å². The van der Waals surface area contributed by atoms with E-state index in [0.29, 0.717) is 0 Å². The minimum Gasteiger partial charge on any atom is -0.207 e. The van der Waals surface area contributed by atoms with Crippen molar-refractivity contribution < 1.29 is 4.39 Å². The highest BCUT2D eigenvalue weighted by Crippen LogP contribution is 2.45. The predicted octanol–water partition coefficient (Wildman–Crippen LogP) is 3.92. The van der Waals surface area contributed by atoms with Crippen molar-refractivity contribution in [1.82, 2.24) is 0 Å². The molecule has 0 amide bonds. The molecule has 0 aliphatic heterocycles. The van der Waals surface area contributed by atoms with E-state index in [4.69, 9.17) is 0 Å². The summed E-state index contributed by atoms with van der Waals surface area (Å²) >= 11 is 1.66. The average Bonchev–Trinajstić information content (AvgIpc) is 2.87. The molecule has 0 N–H and O–H groups in total. The summed E-state index contributed by atoms with van der Waals surface area (Å²) in [5, 5.41) is 3.44. The third-order valence-electron chi connectivity index (χ3n) is 2.58. The molecule has 0 nitrogen and oxygen atoms in total. The molecular weight excluding hydrogens is 183 g/mol. The SMILES string of the molecule is Fc1ccc2c(C3CC3)csc2c1. The maximum Gasteiger partial charge on any atom is 0.124 e. The zero-order valence-corrected chi connectivity index (χ0v) is 7.90. The van der Waals surface area contributed by atoms with Gasteiger partial charge in [0, 0.05) is 4.70 Å². The lowest BCUT2D eigenvalue weighted by atomic mass is 10.1. The van der Waals surface area contributed by atoms with Crippen LogP contribution in [0.25, 0.3) is 10.1 Å². The number of hydrogen-bond donors (Lipinski definition) is 0. The fraction of sp³-hybridized carbons (Fsp3) is 0.273. The maximum atomic E-state index is 12.9. The molecule has 2 aromatic rings. The first-order valence-electron chi connectivity index (χ1n) is 4.51. The van der Waals surface area contributed by atoms with Crippen molar-refractivity contribution in [3.05, 3.63) is 35.0 Å². The minimum atomic E-state index is -0.128. The van der Waals surface area contributed by atoms with Gasteiger partial charge in [-0.25, -0.2) is 4.39 Å². The van der Waals surface area contributed by atoms with E-state index in [1.165, 1.54) is 23.8 Å². The third kappa shape index (κ3) is 1.17. The van der Waals surface area contributed by atoms with Gasteiger partial charge in [-0.2, -0.15) is 0 Å². The van der Waals surface area contributed by atoms with E-state index in [2.05, 4.69) is 5.38 Å². The fourth-order valence-corrected chi connectivity index (χ4v) is 2.80. The second kappa shape index (κ2) is 2.55. The molecule has 1 aromatic carbocycles. The molecule has 1 saturated carbocycles. The molecule has 0 unspecified atom stereocenters. The highest BCUT2D eigenvalue weighted by molar-refractivity contribution is 7.17. The summed E-state index contributed by atoms with van der Waals surface area (Å²) in [5.41, 5.74) is 1.43. The predicted molar refractivity (Wildman–Crippen MR) is 53.8 cm³/mol. The molecule has 66 valence electrons. The van der Waals surface area contributed by atoms with Crippen LogP contribution in [0.15, 0.2) is 23.6 Å². The molecule has 1 aliphatic carbocycles. The Hall–Kier alpha value is -0.890. The summed E-state index contributed by atoms with van der Waals surface area (Å²) in [5.74, 6) is 0.635. The quantitative estimate of drug-likeness (QED) is 0.642. The van der Waals surface area contributed by atoms with E-state index in [0.717, 1.165) is 10.6 Å². The summed E-state index contributed by atoms with van der Waals surface area (Å²) < 4.78 is 14.0. The van der Waals surface area contributed by atoms with E-state index in [9.17, 15) is 4.39 Å². The Labute approximate surface area is 80.0 Å². The van der Waals surface area contributed by atoms with Gasteiger partial charge in [-0.3, -0.25) is 0 Å². The number of halogens is 1. The van der Waals surface area contributed by atoms with Crippen molar-refractivity contribution in [2.45, 2.75) is 18.8 Å². The van der Waals surface area contributed by atoms with Crippen molar-refractivity contribution in [1.29, 1.82) is 0 Å². The van der Waals surface area contributed by atoms with Gasteiger partial charge in [-0.1, -0.05) is 6.07 Å². The summed E-state index contributed by atoms with van der Waals surface area (Å²) in [4.78, 5) is 0. The third-order valence-corrected chi connectivity index (χ3v) is 3.55. The number of benzene rings is 1. The van der Waals surface area contributed by atoms with Gasteiger partial charge in [0.25, 0.3) is 0 Å². The molecule has 13 heavy (non-hydrogen) atoms. The molecule has 0 radical (unpaired) electrons. The Morgan fingerprint density at radius 2 is 2.15 bits per heavy atom. The van der Waals surface area contributed by atoms with Crippen LogP contribution < -0.4 is 0 Å². The molecule has 2 heteroatoms. The molecule has 0 bridgehead atoms. The highest BCUT2D eigenvalue weighted by atomic mass is 32.1. The number of hydrogen-bond acceptors (Lipinski definition) is 1. The molecule has 1 heterocycles. The first-order chi connectivity index (χ1) is 6.34. The average molecular weight is 192 g/mol. The number of rotatable bonds is 1. The van der Waals surface area contributed by atoms with Crippen LogP contribution in [0.1, 0.15) is 24.3 Å². The maximum absolute atomic E-state index is 12.9. The molecule has 1 aliphatic rings. The van der Waals surface area contributed by atoms with E-state index in [-0.39, 0.29) is 5.82 Å². The molecule has 1 fully saturated rings. The molecule has 0 saturated heterocycles. The Morgan fingerprint density at radius 3 is 2.92 bits per heavy atom. The van der Waals surface area contributed by atoms with Gasteiger partial charge in [0.1, 0.15) is 5.82 Å². The van der Waals surface area contributed by atoms with Crippen LogP contribution in [-0.4, -0.2) is 0 Å². The molecule has 3 rings (SSSR count). The first-order valence-corrected chi connectivity index (χ1v) is 5.39. The summed E-state index contributed by atoms with van der Waals surface area (Å²) in [7, 11) is 0. The lowest BCUT2D eigenvalue weighted by Gasteiger charge is -1.94. The Morgan fingerprint density at radius 1 is 1.31 bits per heavy atom. The molecule has 0 atom stereocenters. The second-order valence-corrected chi connectivity index (χ2v) is 4.52. The smallest absolute Gasteiger partial charge is 0.124 e. The van der Waals surface area contributed by atoms with Crippen LogP contribution in [0, 0.1) is 5.82 Å². The van der Waals surface area contributed by atoms with Crippen molar-refractivity contribution in [3.63, 3.8) is 0 Å². The monoisotopic (exact) mass is 192 g/mol. The van der Waals surface area contributed by atoms with Gasteiger partial charge in [0.15, 0.2) is 0 Å². The first kappa shape index (κ1) is 7.51. The molecule has 0 spiro atoms. The van der Waals surface area contributed by atoms with Crippen molar-refractivity contribution in [2.75, 3.05) is 0 Å². The van der Waals surface area contributed by atoms with Crippen molar-refractivity contribution in [3.8, 4) is 0 Å². The fourth-order valence-electron chi connectivity index (χ4n) is 1.73. The summed E-state index contributed by atoms with van der Waals surface area (Å²) in [6.07, 6.45) is 2.62. The van der Waals surface area contributed by atoms with E-state index >= 15 is 0 Å². The van der Waals surface area contributed by atoms with Crippen LogP contribution in [0.2, 0.25) is 0 Å². The normalized spacial score (nSPS) is 16.7. The largest absolute Gasteiger partial charge is 0.207 e. The summed E-state index contributed by atoms with van der Waals surface area (Å²) in [6.45, 7) is 0. The highest BCUT2D eigenvalue weighted by Gasteiger charge is 2.25. The van der Waals surface area contributed by atoms with Gasteiger partial charge < -0.3 is 0 Å². The molecule has 1 aromatic heterocycles. The van der Waals surface area contributed by atoms with Crippen LogP contribution in [-0.2, 0) is 0 Å². The van der Waals surface area contributed by atoms with Gasteiger partial charge in [0.05, 0.1) is 0 Å². The Bertz CT molecular complexity index is 454. The van der Waals surface area contributed by atoms with E-state index in [1.54, 1.807) is 23.5 Å². The Kier molecular flexibility index (Phi) is 1.47. The topological polar surface area (TPSA) is 0 Å². The van der Waals surface area contributed by atoms with Crippen LogP contribution in [0.4, 0.5) is 4.39 Å². The van der Waals surface area contributed by atoms with Crippen molar-refractivity contribution in [2.24, 2.45) is 0 Å². The zero-order valence-electron chi connectivity index (χ0n) is 7.09. The van der Waals surface area contributed by atoms with Gasteiger partial charge in [-0.15, -0.1) is 11.3 Å². The Balaban J connectivity index is 2.26. The van der Waals surface area contributed by atoms with Crippen molar-refractivity contribution >= 4 is 21.4 Å². The minimum absolute atomic E-state index is 0.128. The number of thiophene rings is 1. The van der Waals surface area contributed by atoms with Crippen LogP contribution in [0.5, 0.6) is 0 Å². The lowest BCUT2D eigenvalue weighted by molar-refractivity contribution is 0.630. The number of fused-ring (bicyclic) bond motifs is 1. The van der Waals surface area contributed by atoms with Crippen LogP contribution >= 0.6 is 11.3 Å². The standard InChI is InChI=1S/C11H9FS/c12-8-3-4-9-10(7-1-2-7)6-13-11(9)5-8/h3-7H,1-2H2. The van der Waals surface area contributed by atoms with Gasteiger partial charge in [-0.05, 0) is 47.2 Å². The van der Waals surface area contributed by atoms with Gasteiger partial charge in [0.2, 0.25) is 0 Å². The zero-order chi connectivity index (χ0) is 8.84. The van der Waals surface area contributed by atoms with Gasteiger partial charge >= 0.3 is 0 Å². The summed E-state index contributed by atoms with van der Waals surface area (Å²) in [6, 6.07) is 5.10. The van der Waals surface area contributed by atoms with Crippen LogP contribution in [0.3, 0.4) is 0 Å². The molecular formula is C11H9FS. The van der Waals surface area contributed by atoms with E-state index < -0.39 is 0 Å². The second-order valence-electron chi connectivity index (χ2n) is 3.61.